The highest BCUT2D eigenvalue weighted by Gasteiger charge is 2.17. The molecule has 0 fully saturated rings. The summed E-state index contributed by atoms with van der Waals surface area (Å²) in [5, 5.41) is 19.8. The lowest BCUT2D eigenvalue weighted by molar-refractivity contribution is -0.140. The summed E-state index contributed by atoms with van der Waals surface area (Å²) in [6, 6.07) is -0.860. The molecule has 88 valence electrons. The van der Waals surface area contributed by atoms with Gasteiger partial charge in [-0.05, 0) is 25.8 Å². The third-order valence-corrected chi connectivity index (χ3v) is 1.90. The second kappa shape index (κ2) is 8.16. The molecule has 15 heavy (non-hydrogen) atoms. The van der Waals surface area contributed by atoms with Crippen molar-refractivity contribution in [2.75, 3.05) is 13.2 Å². The van der Waals surface area contributed by atoms with Crippen LogP contribution in [0.3, 0.4) is 0 Å². The molecule has 0 rings (SSSR count). The number of hydrogen-bond acceptors (Lipinski definition) is 3. The summed E-state index contributed by atoms with van der Waals surface area (Å²) in [6.45, 7) is -0.0327. The van der Waals surface area contributed by atoms with Crippen molar-refractivity contribution in [3.63, 3.8) is 0 Å². The minimum absolute atomic E-state index is 0.0420. The fourth-order valence-corrected chi connectivity index (χ4v) is 1.08. The van der Waals surface area contributed by atoms with E-state index in [1.807, 2.05) is 0 Å². The second-order valence-corrected chi connectivity index (χ2v) is 3.17. The average Bonchev–Trinajstić information content (AvgIpc) is 2.15. The summed E-state index contributed by atoms with van der Waals surface area (Å²) in [5.41, 5.74) is 0. The SMILES string of the molecule is O=C(O)CC[C@H](NCCCCF)C(=O)O. The number of unbranched alkanes of at least 4 members (excludes halogenated alkanes) is 1. The minimum Gasteiger partial charge on any atom is -0.481 e. The molecule has 0 radical (unpaired) electrons. The molecule has 0 aromatic rings. The van der Waals surface area contributed by atoms with Crippen LogP contribution in [0.15, 0.2) is 0 Å². The van der Waals surface area contributed by atoms with E-state index in [-0.39, 0.29) is 12.8 Å². The van der Waals surface area contributed by atoms with Crippen molar-refractivity contribution in [2.45, 2.75) is 31.7 Å². The van der Waals surface area contributed by atoms with Crippen LogP contribution >= 0.6 is 0 Å². The molecule has 5 nitrogen and oxygen atoms in total. The Bertz CT molecular complexity index is 210. The summed E-state index contributed by atoms with van der Waals surface area (Å²) >= 11 is 0. The van der Waals surface area contributed by atoms with Crippen LogP contribution in [-0.4, -0.2) is 41.4 Å². The molecule has 0 unspecified atom stereocenters. The van der Waals surface area contributed by atoms with E-state index in [9.17, 15) is 14.0 Å². The molecule has 0 saturated heterocycles. The first-order valence-electron chi connectivity index (χ1n) is 4.82. The van der Waals surface area contributed by atoms with Gasteiger partial charge in [-0.25, -0.2) is 0 Å². The van der Waals surface area contributed by atoms with Gasteiger partial charge in [0.25, 0.3) is 0 Å². The Morgan fingerprint density at radius 1 is 1.27 bits per heavy atom. The van der Waals surface area contributed by atoms with E-state index >= 15 is 0 Å². The van der Waals surface area contributed by atoms with Crippen molar-refractivity contribution in [1.82, 2.24) is 5.32 Å². The number of hydrogen-bond donors (Lipinski definition) is 3. The molecule has 0 heterocycles. The molecule has 3 N–H and O–H groups in total. The normalized spacial score (nSPS) is 12.3. The molecule has 0 aliphatic carbocycles. The quantitative estimate of drug-likeness (QED) is 0.497. The Balaban J connectivity index is 3.73. The van der Waals surface area contributed by atoms with Gasteiger partial charge >= 0.3 is 11.9 Å². The third-order valence-electron chi connectivity index (χ3n) is 1.90. The van der Waals surface area contributed by atoms with E-state index in [1.54, 1.807) is 0 Å². The number of halogens is 1. The van der Waals surface area contributed by atoms with Gasteiger partial charge in [-0.2, -0.15) is 0 Å². The molecule has 6 heteroatoms. The standard InChI is InChI=1S/C9H16FNO4/c10-5-1-2-6-11-7(9(14)15)3-4-8(12)13/h7,11H,1-6H2,(H,12,13)(H,14,15)/t7-/m0/s1. The summed E-state index contributed by atoms with van der Waals surface area (Å²) in [5.74, 6) is -2.09. The van der Waals surface area contributed by atoms with Gasteiger partial charge in [0, 0.05) is 6.42 Å². The fraction of sp³-hybridized carbons (Fsp3) is 0.778. The van der Waals surface area contributed by atoms with Crippen molar-refractivity contribution in [3.05, 3.63) is 0 Å². The van der Waals surface area contributed by atoms with E-state index in [2.05, 4.69) is 5.32 Å². The zero-order valence-electron chi connectivity index (χ0n) is 8.41. The molecule has 0 aromatic carbocycles. The predicted molar refractivity (Wildman–Crippen MR) is 51.5 cm³/mol. The number of nitrogens with one attached hydrogen (secondary N) is 1. The van der Waals surface area contributed by atoms with Crippen LogP contribution in [0.5, 0.6) is 0 Å². The number of alkyl halides is 1. The first-order valence-corrected chi connectivity index (χ1v) is 4.82. The van der Waals surface area contributed by atoms with Crippen LogP contribution in [0.2, 0.25) is 0 Å². The number of carboxylic acid groups (broad SMARTS) is 2. The maximum atomic E-state index is 11.7. The van der Waals surface area contributed by atoms with Gasteiger partial charge in [-0.1, -0.05) is 0 Å². The number of carbonyl (C=O) groups is 2. The van der Waals surface area contributed by atoms with Crippen molar-refractivity contribution in [3.8, 4) is 0 Å². The maximum Gasteiger partial charge on any atom is 0.320 e. The first kappa shape index (κ1) is 13.8. The number of aliphatic carboxylic acids is 2. The highest BCUT2D eigenvalue weighted by molar-refractivity contribution is 5.75. The summed E-state index contributed by atoms with van der Waals surface area (Å²) in [4.78, 5) is 20.9. The molecule has 0 amide bonds. The lowest BCUT2D eigenvalue weighted by atomic mass is 10.1. The van der Waals surface area contributed by atoms with Crippen LogP contribution in [0.25, 0.3) is 0 Å². The van der Waals surface area contributed by atoms with Crippen molar-refractivity contribution < 1.29 is 24.2 Å². The molecular weight excluding hydrogens is 205 g/mol. The molecule has 0 spiro atoms. The summed E-state index contributed by atoms with van der Waals surface area (Å²) < 4.78 is 11.7. The number of rotatable bonds is 9. The number of carboxylic acids is 2. The van der Waals surface area contributed by atoms with Crippen LogP contribution in [-0.2, 0) is 9.59 Å². The fourth-order valence-electron chi connectivity index (χ4n) is 1.08. The molecule has 0 bridgehead atoms. The molecule has 0 aromatic heterocycles. The maximum absolute atomic E-state index is 11.7. The van der Waals surface area contributed by atoms with Crippen molar-refractivity contribution >= 4 is 11.9 Å². The van der Waals surface area contributed by atoms with E-state index in [0.717, 1.165) is 0 Å². The Labute approximate surface area is 87.3 Å². The zero-order chi connectivity index (χ0) is 11.7. The summed E-state index contributed by atoms with van der Waals surface area (Å²) in [6.07, 6.45) is 0.791. The third kappa shape index (κ3) is 7.87. The van der Waals surface area contributed by atoms with E-state index in [0.29, 0.717) is 19.4 Å². The molecule has 0 saturated carbocycles. The lowest BCUT2D eigenvalue weighted by Gasteiger charge is -2.12. The van der Waals surface area contributed by atoms with Crippen molar-refractivity contribution in [1.29, 1.82) is 0 Å². The van der Waals surface area contributed by atoms with E-state index < -0.39 is 24.7 Å². The Morgan fingerprint density at radius 2 is 1.93 bits per heavy atom. The van der Waals surface area contributed by atoms with Crippen molar-refractivity contribution in [2.24, 2.45) is 0 Å². The Morgan fingerprint density at radius 3 is 2.40 bits per heavy atom. The second-order valence-electron chi connectivity index (χ2n) is 3.17. The van der Waals surface area contributed by atoms with Crippen LogP contribution < -0.4 is 5.32 Å². The topological polar surface area (TPSA) is 86.6 Å². The molecule has 0 aliphatic rings. The van der Waals surface area contributed by atoms with Gasteiger partial charge in [0.05, 0.1) is 6.67 Å². The largest absolute Gasteiger partial charge is 0.481 e. The van der Waals surface area contributed by atoms with Crippen LogP contribution in [0.4, 0.5) is 4.39 Å². The smallest absolute Gasteiger partial charge is 0.320 e. The van der Waals surface area contributed by atoms with Gasteiger partial charge in [0.2, 0.25) is 0 Å². The molecule has 1 atom stereocenters. The Kier molecular flexibility index (Phi) is 7.53. The van der Waals surface area contributed by atoms with Gasteiger partial charge < -0.3 is 15.5 Å². The molecular formula is C9H16FNO4. The zero-order valence-corrected chi connectivity index (χ0v) is 8.41. The average molecular weight is 221 g/mol. The summed E-state index contributed by atoms with van der Waals surface area (Å²) in [7, 11) is 0. The lowest BCUT2D eigenvalue weighted by Crippen LogP contribution is -2.37. The van der Waals surface area contributed by atoms with E-state index in [1.165, 1.54) is 0 Å². The monoisotopic (exact) mass is 221 g/mol. The first-order chi connectivity index (χ1) is 7.07. The highest BCUT2D eigenvalue weighted by atomic mass is 19.1. The Hall–Kier alpha value is -1.17. The van der Waals surface area contributed by atoms with Crippen LogP contribution in [0.1, 0.15) is 25.7 Å². The highest BCUT2D eigenvalue weighted by Crippen LogP contribution is 1.98. The van der Waals surface area contributed by atoms with Crippen LogP contribution in [0, 0.1) is 0 Å². The van der Waals surface area contributed by atoms with Gasteiger partial charge in [0.1, 0.15) is 6.04 Å². The van der Waals surface area contributed by atoms with E-state index in [4.69, 9.17) is 10.2 Å². The minimum atomic E-state index is -1.07. The van der Waals surface area contributed by atoms with Gasteiger partial charge in [-0.3, -0.25) is 14.0 Å². The van der Waals surface area contributed by atoms with Gasteiger partial charge in [-0.15, -0.1) is 0 Å². The predicted octanol–water partition coefficient (Wildman–Crippen LogP) is 0.644. The van der Waals surface area contributed by atoms with Gasteiger partial charge in [0.15, 0.2) is 0 Å². The molecule has 0 aliphatic heterocycles.